The van der Waals surface area contributed by atoms with E-state index in [9.17, 15) is 4.79 Å². The van der Waals surface area contributed by atoms with E-state index >= 15 is 0 Å². The molecule has 1 rings (SSSR count). The second kappa shape index (κ2) is 5.15. The first-order valence-corrected chi connectivity index (χ1v) is 5.88. The van der Waals surface area contributed by atoms with Gasteiger partial charge in [-0.3, -0.25) is 9.69 Å². The van der Waals surface area contributed by atoms with Crippen LogP contribution in [-0.2, 0) is 9.53 Å². The van der Waals surface area contributed by atoms with Gasteiger partial charge in [0.05, 0.1) is 12.6 Å². The van der Waals surface area contributed by atoms with E-state index in [1.165, 1.54) is 0 Å². The van der Waals surface area contributed by atoms with Gasteiger partial charge in [0.1, 0.15) is 0 Å². The number of nitrogens with one attached hydrogen (secondary N) is 1. The lowest BCUT2D eigenvalue weighted by atomic mass is 10.1. The maximum atomic E-state index is 12.0. The molecule has 1 N–H and O–H groups in total. The summed E-state index contributed by atoms with van der Waals surface area (Å²) < 4.78 is 5.15. The molecule has 94 valence electrons. The van der Waals surface area contributed by atoms with Crippen LogP contribution in [0.5, 0.6) is 0 Å². The summed E-state index contributed by atoms with van der Waals surface area (Å²) in [6, 6.07) is 0.375. The number of hydrogen-bond donors (Lipinski definition) is 1. The van der Waals surface area contributed by atoms with E-state index in [1.54, 1.807) is 7.11 Å². The predicted octanol–water partition coefficient (Wildman–Crippen LogP) is 1.01. The number of methoxy groups -OCH3 is 1. The Morgan fingerprint density at radius 1 is 1.44 bits per heavy atom. The Bertz CT molecular complexity index is 248. The minimum Gasteiger partial charge on any atom is -0.383 e. The van der Waals surface area contributed by atoms with E-state index < -0.39 is 0 Å². The average molecular weight is 228 g/mol. The summed E-state index contributed by atoms with van der Waals surface area (Å²) >= 11 is 0. The highest BCUT2D eigenvalue weighted by molar-refractivity contribution is 5.82. The molecule has 0 saturated carbocycles. The molecule has 0 unspecified atom stereocenters. The van der Waals surface area contributed by atoms with E-state index in [1.807, 2.05) is 27.8 Å². The van der Waals surface area contributed by atoms with Gasteiger partial charge in [0, 0.05) is 18.7 Å². The van der Waals surface area contributed by atoms with Gasteiger partial charge in [0.2, 0.25) is 5.91 Å². The smallest absolute Gasteiger partial charge is 0.237 e. The number of rotatable bonds is 3. The first kappa shape index (κ1) is 13.5. The minimum atomic E-state index is -0.155. The molecule has 16 heavy (non-hydrogen) atoms. The van der Waals surface area contributed by atoms with Gasteiger partial charge in [-0.2, -0.15) is 0 Å². The van der Waals surface area contributed by atoms with Crippen LogP contribution in [0, 0.1) is 0 Å². The second-order valence-corrected chi connectivity index (χ2v) is 5.61. The second-order valence-electron chi connectivity index (χ2n) is 5.61. The fourth-order valence-corrected chi connectivity index (χ4v) is 2.17. The van der Waals surface area contributed by atoms with Crippen molar-refractivity contribution in [2.45, 2.75) is 51.2 Å². The van der Waals surface area contributed by atoms with Gasteiger partial charge in [0.25, 0.3) is 0 Å². The molecule has 0 aromatic heterocycles. The van der Waals surface area contributed by atoms with E-state index in [0.29, 0.717) is 12.6 Å². The largest absolute Gasteiger partial charge is 0.383 e. The normalized spacial score (nSPS) is 27.1. The first-order valence-electron chi connectivity index (χ1n) is 5.88. The summed E-state index contributed by atoms with van der Waals surface area (Å²) in [5.41, 5.74) is -0.155. The third-order valence-corrected chi connectivity index (χ3v) is 3.00. The monoisotopic (exact) mass is 228 g/mol. The molecule has 0 aliphatic carbocycles. The zero-order valence-corrected chi connectivity index (χ0v) is 11.0. The van der Waals surface area contributed by atoms with E-state index in [-0.39, 0.29) is 17.5 Å². The quantitative estimate of drug-likeness (QED) is 0.784. The van der Waals surface area contributed by atoms with Crippen LogP contribution in [0.15, 0.2) is 0 Å². The number of ether oxygens (including phenoxy) is 1. The highest BCUT2D eigenvalue weighted by Gasteiger charge is 2.35. The van der Waals surface area contributed by atoms with Crippen LogP contribution < -0.4 is 5.32 Å². The maximum absolute atomic E-state index is 12.0. The van der Waals surface area contributed by atoms with Crippen LogP contribution in [-0.4, -0.2) is 49.2 Å². The molecule has 0 spiro atoms. The summed E-state index contributed by atoms with van der Waals surface area (Å²) in [4.78, 5) is 14.2. The maximum Gasteiger partial charge on any atom is 0.237 e. The molecule has 1 fully saturated rings. The number of carbonyl (C=O) groups is 1. The molecular formula is C12H24N2O2. The van der Waals surface area contributed by atoms with Crippen molar-refractivity contribution in [3.63, 3.8) is 0 Å². The van der Waals surface area contributed by atoms with Gasteiger partial charge < -0.3 is 10.1 Å². The molecule has 0 bridgehead atoms. The molecule has 1 heterocycles. The molecular weight excluding hydrogens is 204 g/mol. The highest BCUT2D eigenvalue weighted by Crippen LogP contribution is 2.23. The van der Waals surface area contributed by atoms with Gasteiger partial charge in [0.15, 0.2) is 0 Å². The zero-order chi connectivity index (χ0) is 12.3. The Morgan fingerprint density at radius 2 is 2.06 bits per heavy atom. The van der Waals surface area contributed by atoms with Crippen molar-refractivity contribution in [2.75, 3.05) is 20.8 Å². The fraction of sp³-hybridized carbons (Fsp3) is 0.917. The third kappa shape index (κ3) is 3.46. The number of likely N-dealkylation sites (N-methyl/N-ethyl adjacent to an activating group) is 1. The topological polar surface area (TPSA) is 41.6 Å². The lowest BCUT2D eigenvalue weighted by Gasteiger charge is -2.28. The Labute approximate surface area is 98.3 Å². The van der Waals surface area contributed by atoms with E-state index in [4.69, 9.17) is 4.74 Å². The Balaban J connectivity index is 2.53. The van der Waals surface area contributed by atoms with Gasteiger partial charge in [-0.25, -0.2) is 0 Å². The molecule has 2 atom stereocenters. The number of carbonyl (C=O) groups excluding carboxylic acids is 1. The lowest BCUT2D eigenvalue weighted by molar-refractivity contribution is -0.127. The number of amides is 1. The van der Waals surface area contributed by atoms with Crippen molar-refractivity contribution < 1.29 is 9.53 Å². The van der Waals surface area contributed by atoms with Crippen molar-refractivity contribution in [3.8, 4) is 0 Å². The molecule has 1 saturated heterocycles. The standard InChI is InChI=1S/C12H24N2O2/c1-12(2,3)13-11(15)10-7-6-9(8-16-5)14(10)4/h9-10H,6-8H2,1-5H3,(H,13,15)/t9-,10+/m1/s1. The van der Waals surface area contributed by atoms with Crippen molar-refractivity contribution in [2.24, 2.45) is 0 Å². The molecule has 4 heteroatoms. The molecule has 1 amide bonds. The first-order chi connectivity index (χ1) is 7.35. The van der Waals surface area contributed by atoms with Crippen molar-refractivity contribution in [1.29, 1.82) is 0 Å². The third-order valence-electron chi connectivity index (χ3n) is 3.00. The predicted molar refractivity (Wildman–Crippen MR) is 64.3 cm³/mol. The van der Waals surface area contributed by atoms with Crippen molar-refractivity contribution in [1.82, 2.24) is 10.2 Å². The molecule has 1 aliphatic rings. The van der Waals surface area contributed by atoms with Gasteiger partial charge in [-0.05, 0) is 40.7 Å². The molecule has 0 aromatic carbocycles. The highest BCUT2D eigenvalue weighted by atomic mass is 16.5. The van der Waals surface area contributed by atoms with Crippen LogP contribution in [0.4, 0.5) is 0 Å². The summed E-state index contributed by atoms with van der Waals surface area (Å²) in [6.45, 7) is 6.72. The van der Waals surface area contributed by atoms with Gasteiger partial charge >= 0.3 is 0 Å². The molecule has 0 radical (unpaired) electrons. The summed E-state index contributed by atoms with van der Waals surface area (Å²) in [6.07, 6.45) is 1.96. The number of hydrogen-bond acceptors (Lipinski definition) is 3. The van der Waals surface area contributed by atoms with Crippen molar-refractivity contribution in [3.05, 3.63) is 0 Å². The lowest BCUT2D eigenvalue weighted by Crippen LogP contribution is -2.50. The molecule has 0 aromatic rings. The van der Waals surface area contributed by atoms with E-state index in [2.05, 4.69) is 10.2 Å². The summed E-state index contributed by atoms with van der Waals surface area (Å²) in [7, 11) is 3.71. The van der Waals surface area contributed by atoms with E-state index in [0.717, 1.165) is 12.8 Å². The Kier molecular flexibility index (Phi) is 4.33. The van der Waals surface area contributed by atoms with Crippen LogP contribution >= 0.6 is 0 Å². The van der Waals surface area contributed by atoms with Crippen LogP contribution in [0.3, 0.4) is 0 Å². The number of nitrogens with zero attached hydrogens (tertiary/aromatic N) is 1. The Morgan fingerprint density at radius 3 is 2.56 bits per heavy atom. The van der Waals surface area contributed by atoms with Crippen LogP contribution in [0.25, 0.3) is 0 Å². The van der Waals surface area contributed by atoms with Crippen LogP contribution in [0.2, 0.25) is 0 Å². The zero-order valence-electron chi connectivity index (χ0n) is 11.0. The molecule has 4 nitrogen and oxygen atoms in total. The molecule has 1 aliphatic heterocycles. The fourth-order valence-electron chi connectivity index (χ4n) is 2.17. The number of likely N-dealkylation sites (tertiary alicyclic amines) is 1. The average Bonchev–Trinajstić information content (AvgIpc) is 2.46. The van der Waals surface area contributed by atoms with Gasteiger partial charge in [-0.15, -0.1) is 0 Å². The SMILES string of the molecule is COC[C@H]1CC[C@@H](C(=O)NC(C)(C)C)N1C. The minimum absolute atomic E-state index is 0.000579. The van der Waals surface area contributed by atoms with Crippen LogP contribution in [0.1, 0.15) is 33.6 Å². The summed E-state index contributed by atoms with van der Waals surface area (Å²) in [5.74, 6) is 0.133. The van der Waals surface area contributed by atoms with Crippen molar-refractivity contribution >= 4 is 5.91 Å². The summed E-state index contributed by atoms with van der Waals surface area (Å²) in [5, 5.41) is 3.03. The Hall–Kier alpha value is -0.610. The van der Waals surface area contributed by atoms with Gasteiger partial charge in [-0.1, -0.05) is 0 Å².